The summed E-state index contributed by atoms with van der Waals surface area (Å²) in [6.45, 7) is 3.25. The maximum atomic E-state index is 12.3. The van der Waals surface area contributed by atoms with Crippen molar-refractivity contribution >= 4 is 23.0 Å². The van der Waals surface area contributed by atoms with E-state index in [0.29, 0.717) is 0 Å². The summed E-state index contributed by atoms with van der Waals surface area (Å²) in [5.74, 6) is -1.42. The number of aryl methyl sites for hydroxylation is 2. The Bertz CT molecular complexity index is 936. The second kappa shape index (κ2) is 6.91. The summed E-state index contributed by atoms with van der Waals surface area (Å²) in [4.78, 5) is 52.8. The number of fused-ring (bicyclic) bond motifs is 1. The highest BCUT2D eigenvalue weighted by molar-refractivity contribution is 5.81. The van der Waals surface area contributed by atoms with Crippen LogP contribution in [0.2, 0.25) is 0 Å². The van der Waals surface area contributed by atoms with Crippen molar-refractivity contribution in [1.29, 1.82) is 0 Å². The first-order chi connectivity index (χ1) is 11.6. The molecule has 0 aliphatic rings. The number of imidazole rings is 1. The van der Waals surface area contributed by atoms with Crippen molar-refractivity contribution < 1.29 is 14.7 Å². The number of carboxylic acid groups (broad SMARTS) is 1. The lowest BCUT2D eigenvalue weighted by Crippen LogP contribution is -2.41. The lowest BCUT2D eigenvalue weighted by Gasteiger charge is -2.25. The van der Waals surface area contributed by atoms with Gasteiger partial charge >= 0.3 is 11.7 Å². The minimum absolute atomic E-state index is 0.0168. The van der Waals surface area contributed by atoms with Crippen LogP contribution in [0.1, 0.15) is 20.3 Å². The lowest BCUT2D eigenvalue weighted by atomic mass is 10.2. The molecule has 0 aliphatic carbocycles. The van der Waals surface area contributed by atoms with E-state index < -0.39 is 17.2 Å². The minimum Gasteiger partial charge on any atom is -0.480 e. The van der Waals surface area contributed by atoms with Gasteiger partial charge < -0.3 is 14.6 Å². The standard InChI is InChI=1S/C15H21N5O5/c1-9(2)20(7-11(22)23)10(21)5-6-19-8-16-13-12(19)14(24)18(4)15(25)17(13)3/h8-9H,5-7H2,1-4H3,(H,22,23). The van der Waals surface area contributed by atoms with Gasteiger partial charge in [0.25, 0.3) is 5.56 Å². The Kier molecular flexibility index (Phi) is 5.10. The highest BCUT2D eigenvalue weighted by Gasteiger charge is 2.20. The molecule has 1 amide bonds. The zero-order valence-corrected chi connectivity index (χ0v) is 14.6. The molecular weight excluding hydrogens is 330 g/mol. The van der Waals surface area contributed by atoms with Crippen LogP contribution in [0.5, 0.6) is 0 Å². The summed E-state index contributed by atoms with van der Waals surface area (Å²) in [6.07, 6.45) is 1.42. The molecule has 136 valence electrons. The number of amides is 1. The Hall–Kier alpha value is -2.91. The molecule has 10 nitrogen and oxygen atoms in total. The zero-order valence-electron chi connectivity index (χ0n) is 14.6. The normalized spacial score (nSPS) is 11.2. The van der Waals surface area contributed by atoms with Gasteiger partial charge in [0, 0.05) is 33.1 Å². The molecule has 0 radical (unpaired) electrons. The van der Waals surface area contributed by atoms with Crippen LogP contribution in [0.3, 0.4) is 0 Å². The number of hydrogen-bond acceptors (Lipinski definition) is 5. The van der Waals surface area contributed by atoms with Crippen molar-refractivity contribution in [1.82, 2.24) is 23.6 Å². The van der Waals surface area contributed by atoms with Crippen molar-refractivity contribution in [2.75, 3.05) is 6.54 Å². The van der Waals surface area contributed by atoms with Gasteiger partial charge in [-0.05, 0) is 13.8 Å². The molecule has 0 aromatic carbocycles. The van der Waals surface area contributed by atoms with Gasteiger partial charge in [-0.15, -0.1) is 0 Å². The molecule has 0 saturated carbocycles. The average molecular weight is 351 g/mol. The molecule has 2 aromatic rings. The number of hydrogen-bond donors (Lipinski definition) is 1. The van der Waals surface area contributed by atoms with Crippen LogP contribution in [-0.2, 0) is 30.2 Å². The number of rotatable bonds is 6. The second-order valence-corrected chi connectivity index (χ2v) is 6.08. The lowest BCUT2D eigenvalue weighted by molar-refractivity contribution is -0.145. The van der Waals surface area contributed by atoms with Crippen LogP contribution in [0, 0.1) is 0 Å². The van der Waals surface area contributed by atoms with E-state index >= 15 is 0 Å². The van der Waals surface area contributed by atoms with Gasteiger partial charge in [-0.3, -0.25) is 23.5 Å². The van der Waals surface area contributed by atoms with Gasteiger partial charge in [-0.1, -0.05) is 0 Å². The molecule has 0 atom stereocenters. The predicted molar refractivity (Wildman–Crippen MR) is 89.3 cm³/mol. The van der Waals surface area contributed by atoms with Crippen molar-refractivity contribution in [3.8, 4) is 0 Å². The number of nitrogens with zero attached hydrogens (tertiary/aromatic N) is 5. The monoisotopic (exact) mass is 351 g/mol. The Morgan fingerprint density at radius 3 is 2.44 bits per heavy atom. The summed E-state index contributed by atoms with van der Waals surface area (Å²) in [6, 6.07) is -0.253. The van der Waals surface area contributed by atoms with Crippen LogP contribution < -0.4 is 11.2 Å². The van der Waals surface area contributed by atoms with Gasteiger partial charge in [-0.2, -0.15) is 0 Å². The molecule has 10 heteroatoms. The van der Waals surface area contributed by atoms with Crippen LogP contribution >= 0.6 is 0 Å². The molecule has 0 fully saturated rings. The number of carbonyl (C=O) groups excluding carboxylic acids is 1. The Labute approximate surface area is 142 Å². The van der Waals surface area contributed by atoms with Gasteiger partial charge in [0.1, 0.15) is 6.54 Å². The third-order valence-corrected chi connectivity index (χ3v) is 4.03. The van der Waals surface area contributed by atoms with Gasteiger partial charge in [-0.25, -0.2) is 9.78 Å². The first-order valence-corrected chi connectivity index (χ1v) is 7.77. The number of carbonyl (C=O) groups is 2. The van der Waals surface area contributed by atoms with E-state index in [-0.39, 0.29) is 42.6 Å². The molecule has 2 heterocycles. The van der Waals surface area contributed by atoms with Crippen LogP contribution in [0.25, 0.3) is 11.2 Å². The molecule has 0 saturated heterocycles. The highest BCUT2D eigenvalue weighted by atomic mass is 16.4. The largest absolute Gasteiger partial charge is 0.480 e. The van der Waals surface area contributed by atoms with Crippen molar-refractivity contribution in [2.24, 2.45) is 14.1 Å². The first kappa shape index (κ1) is 18.4. The van der Waals surface area contributed by atoms with E-state index in [4.69, 9.17) is 5.11 Å². The Balaban J connectivity index is 2.30. The van der Waals surface area contributed by atoms with Crippen LogP contribution in [0.4, 0.5) is 0 Å². The smallest absolute Gasteiger partial charge is 0.332 e. The summed E-state index contributed by atoms with van der Waals surface area (Å²) in [5, 5.41) is 8.91. The number of aromatic nitrogens is 4. The van der Waals surface area contributed by atoms with E-state index in [0.717, 1.165) is 4.57 Å². The number of aliphatic carboxylic acids is 1. The summed E-state index contributed by atoms with van der Waals surface area (Å²) < 4.78 is 3.75. The van der Waals surface area contributed by atoms with E-state index in [9.17, 15) is 19.2 Å². The Morgan fingerprint density at radius 1 is 1.24 bits per heavy atom. The van der Waals surface area contributed by atoms with Crippen LogP contribution in [-0.4, -0.2) is 53.2 Å². The molecule has 2 rings (SSSR count). The molecule has 0 aliphatic heterocycles. The van der Waals surface area contributed by atoms with E-state index in [1.807, 2.05) is 0 Å². The second-order valence-electron chi connectivity index (χ2n) is 6.08. The third kappa shape index (κ3) is 3.47. The molecule has 2 aromatic heterocycles. The summed E-state index contributed by atoms with van der Waals surface area (Å²) >= 11 is 0. The first-order valence-electron chi connectivity index (χ1n) is 7.77. The van der Waals surface area contributed by atoms with Gasteiger partial charge in [0.2, 0.25) is 5.91 Å². The highest BCUT2D eigenvalue weighted by Crippen LogP contribution is 2.08. The number of carboxylic acids is 1. The molecule has 0 unspecified atom stereocenters. The molecule has 1 N–H and O–H groups in total. The molecule has 0 spiro atoms. The van der Waals surface area contributed by atoms with Crippen molar-refractivity contribution in [3.05, 3.63) is 27.2 Å². The fraction of sp³-hybridized carbons (Fsp3) is 0.533. The maximum absolute atomic E-state index is 12.3. The average Bonchev–Trinajstić information content (AvgIpc) is 2.97. The Morgan fingerprint density at radius 2 is 1.88 bits per heavy atom. The minimum atomic E-state index is -1.08. The fourth-order valence-corrected chi connectivity index (χ4v) is 2.63. The van der Waals surface area contributed by atoms with Crippen molar-refractivity contribution in [2.45, 2.75) is 32.9 Å². The predicted octanol–water partition coefficient (Wildman–Crippen LogP) is -0.855. The molecule has 0 bridgehead atoms. The SMILES string of the molecule is CC(C)N(CC(=O)O)C(=O)CCn1cnc2c1c(=O)n(C)c(=O)n2C. The summed E-state index contributed by atoms with van der Waals surface area (Å²) in [5.41, 5.74) is -0.501. The summed E-state index contributed by atoms with van der Waals surface area (Å²) in [7, 11) is 2.89. The fourth-order valence-electron chi connectivity index (χ4n) is 2.63. The van der Waals surface area contributed by atoms with Crippen molar-refractivity contribution in [3.63, 3.8) is 0 Å². The van der Waals surface area contributed by atoms with E-state index in [1.165, 1.54) is 34.5 Å². The quantitative estimate of drug-likeness (QED) is 0.724. The maximum Gasteiger partial charge on any atom is 0.332 e. The van der Waals surface area contributed by atoms with Gasteiger partial charge in [0.05, 0.1) is 6.33 Å². The van der Waals surface area contributed by atoms with Crippen LogP contribution in [0.15, 0.2) is 15.9 Å². The van der Waals surface area contributed by atoms with E-state index in [2.05, 4.69) is 4.98 Å². The molecule has 25 heavy (non-hydrogen) atoms. The molecular formula is C15H21N5O5. The topological polar surface area (TPSA) is 119 Å². The van der Waals surface area contributed by atoms with Gasteiger partial charge in [0.15, 0.2) is 11.2 Å². The van der Waals surface area contributed by atoms with E-state index in [1.54, 1.807) is 13.8 Å². The zero-order chi connectivity index (χ0) is 18.9. The third-order valence-electron chi connectivity index (χ3n) is 4.03.